The van der Waals surface area contributed by atoms with Crippen LogP contribution >= 0.6 is 0 Å². The van der Waals surface area contributed by atoms with Crippen molar-refractivity contribution < 1.29 is 18.9 Å². The van der Waals surface area contributed by atoms with Crippen LogP contribution in [0.2, 0.25) is 0 Å². The molecule has 0 saturated carbocycles. The number of amides is 1. The first-order valence-corrected chi connectivity index (χ1v) is 9.04. The Morgan fingerprint density at radius 3 is 2.54 bits per heavy atom. The van der Waals surface area contributed by atoms with Crippen molar-refractivity contribution in [2.24, 2.45) is 0 Å². The Morgan fingerprint density at radius 2 is 1.86 bits per heavy atom. The van der Waals surface area contributed by atoms with Gasteiger partial charge in [0.05, 0.1) is 24.4 Å². The van der Waals surface area contributed by atoms with E-state index in [0.717, 1.165) is 11.3 Å². The van der Waals surface area contributed by atoms with E-state index in [4.69, 9.17) is 9.68 Å². The van der Waals surface area contributed by atoms with Crippen LogP contribution in [0, 0.1) is 17.1 Å². The lowest BCUT2D eigenvalue weighted by molar-refractivity contribution is -0.678. The number of quaternary nitrogens is 1. The normalized spacial score (nSPS) is 11.6. The van der Waals surface area contributed by atoms with Gasteiger partial charge in [-0.2, -0.15) is 5.26 Å². The molecular formula is C22H21FN3O2+. The van der Waals surface area contributed by atoms with Gasteiger partial charge in [0.2, 0.25) is 0 Å². The summed E-state index contributed by atoms with van der Waals surface area (Å²) in [5, 5.41) is 10.8. The molecule has 0 aliphatic rings. The molecule has 1 amide bonds. The first-order valence-electron chi connectivity index (χ1n) is 9.04. The fraction of sp³-hybridized carbons (Fsp3) is 0.182. The number of para-hydroxylation sites is 1. The van der Waals surface area contributed by atoms with Crippen LogP contribution in [0.4, 0.5) is 10.1 Å². The fourth-order valence-electron chi connectivity index (χ4n) is 3.09. The summed E-state index contributed by atoms with van der Waals surface area (Å²) < 4.78 is 19.8. The van der Waals surface area contributed by atoms with E-state index >= 15 is 0 Å². The van der Waals surface area contributed by atoms with Crippen molar-refractivity contribution in [1.29, 1.82) is 5.26 Å². The number of nitriles is 1. The lowest BCUT2D eigenvalue weighted by Gasteiger charge is -2.22. The molecule has 0 spiro atoms. The van der Waals surface area contributed by atoms with Gasteiger partial charge >= 0.3 is 0 Å². The molecule has 0 aliphatic heterocycles. The zero-order valence-corrected chi connectivity index (χ0v) is 15.3. The van der Waals surface area contributed by atoms with Crippen LogP contribution in [0.1, 0.15) is 23.8 Å². The second kappa shape index (κ2) is 9.49. The van der Waals surface area contributed by atoms with E-state index in [-0.39, 0.29) is 37.1 Å². The number of carbonyl (C=O) groups excluding carboxylic acids is 1. The van der Waals surface area contributed by atoms with Crippen molar-refractivity contribution in [2.45, 2.75) is 12.5 Å². The smallest absolute Gasteiger partial charge is 0.282 e. The first-order chi connectivity index (χ1) is 13.7. The minimum Gasteiger partial charge on any atom is -0.463 e. The second-order valence-electron chi connectivity index (χ2n) is 6.25. The highest BCUT2D eigenvalue weighted by molar-refractivity contribution is 5.94. The van der Waals surface area contributed by atoms with E-state index in [2.05, 4.69) is 0 Å². The topological polar surface area (TPSA) is 73.8 Å². The lowest BCUT2D eigenvalue weighted by Crippen LogP contribution is -2.87. The zero-order chi connectivity index (χ0) is 19.8. The molecule has 1 heterocycles. The summed E-state index contributed by atoms with van der Waals surface area (Å²) >= 11 is 0. The van der Waals surface area contributed by atoms with Gasteiger partial charge in [-0.15, -0.1) is 0 Å². The molecule has 0 bridgehead atoms. The number of nitrogens with zero attached hydrogens (tertiary/aromatic N) is 2. The average Bonchev–Trinajstić information content (AvgIpc) is 3.25. The predicted octanol–water partition coefficient (Wildman–Crippen LogP) is 3.02. The van der Waals surface area contributed by atoms with Crippen molar-refractivity contribution in [3.05, 3.63) is 90.1 Å². The molecule has 5 nitrogen and oxygen atoms in total. The van der Waals surface area contributed by atoms with Gasteiger partial charge in [0.25, 0.3) is 5.91 Å². The predicted molar refractivity (Wildman–Crippen MR) is 103 cm³/mol. The third-order valence-corrected chi connectivity index (χ3v) is 4.43. The molecule has 28 heavy (non-hydrogen) atoms. The molecule has 3 aromatic rings. The molecule has 1 atom stereocenters. The highest BCUT2D eigenvalue weighted by atomic mass is 19.1. The third kappa shape index (κ3) is 4.64. The number of halogens is 1. The summed E-state index contributed by atoms with van der Waals surface area (Å²) in [5.74, 6) is -0.0271. The summed E-state index contributed by atoms with van der Waals surface area (Å²) in [4.78, 5) is 14.2. The molecule has 2 N–H and O–H groups in total. The Hall–Kier alpha value is -3.43. The largest absolute Gasteiger partial charge is 0.463 e. The number of rotatable bonds is 8. The highest BCUT2D eigenvalue weighted by Gasteiger charge is 2.25. The number of nitrogens with two attached hydrogens (primary N) is 1. The van der Waals surface area contributed by atoms with Gasteiger partial charge in [0.1, 0.15) is 5.82 Å². The molecule has 0 saturated heterocycles. The van der Waals surface area contributed by atoms with Crippen molar-refractivity contribution in [2.75, 3.05) is 18.0 Å². The Morgan fingerprint density at radius 1 is 1.11 bits per heavy atom. The Bertz CT molecular complexity index is 936. The Labute approximate surface area is 163 Å². The molecule has 0 radical (unpaired) electrons. The van der Waals surface area contributed by atoms with Crippen LogP contribution in [-0.4, -0.2) is 19.0 Å². The lowest BCUT2D eigenvalue weighted by atomic mass is 10.0. The van der Waals surface area contributed by atoms with Gasteiger partial charge in [-0.05, 0) is 24.3 Å². The number of anilines is 1. The second-order valence-corrected chi connectivity index (χ2v) is 6.25. The quantitative estimate of drug-likeness (QED) is 0.655. The molecular weight excluding hydrogens is 357 g/mol. The maximum Gasteiger partial charge on any atom is 0.282 e. The van der Waals surface area contributed by atoms with Gasteiger partial charge in [-0.1, -0.05) is 42.5 Å². The summed E-state index contributed by atoms with van der Waals surface area (Å²) in [6.07, 6.45) is 1.72. The molecule has 142 valence electrons. The first kappa shape index (κ1) is 19.3. The number of hydrogen-bond acceptors (Lipinski definition) is 3. The van der Waals surface area contributed by atoms with Crippen LogP contribution < -0.4 is 10.2 Å². The minimum atomic E-state index is -0.487. The highest BCUT2D eigenvalue weighted by Crippen LogP contribution is 2.20. The molecule has 0 unspecified atom stereocenters. The maximum atomic E-state index is 14.2. The van der Waals surface area contributed by atoms with Gasteiger partial charge < -0.3 is 14.6 Å². The van der Waals surface area contributed by atoms with E-state index in [1.807, 2.05) is 47.8 Å². The van der Waals surface area contributed by atoms with Crippen LogP contribution in [0.25, 0.3) is 0 Å². The third-order valence-electron chi connectivity index (χ3n) is 4.43. The summed E-state index contributed by atoms with van der Waals surface area (Å²) in [6, 6.07) is 21.3. The molecule has 0 fully saturated rings. The van der Waals surface area contributed by atoms with Gasteiger partial charge in [0, 0.05) is 12.1 Å². The van der Waals surface area contributed by atoms with E-state index in [9.17, 15) is 9.18 Å². The molecule has 0 aliphatic carbocycles. The standard InChI is InChI=1S/C22H20FN3O2/c23-18-10-4-5-11-19(18)26(14-7-13-24)21(27)16-25-22(20-12-6-15-28-20)17-8-2-1-3-9-17/h1-6,8-12,15,22,25H,7,14,16H2/p+1/t22-/m0/s1. The average molecular weight is 378 g/mol. The number of carbonyl (C=O) groups is 1. The van der Waals surface area contributed by atoms with Gasteiger partial charge in [-0.3, -0.25) is 4.79 Å². The van der Waals surface area contributed by atoms with Crippen molar-refractivity contribution >= 4 is 11.6 Å². The number of hydrogen-bond donors (Lipinski definition) is 1. The number of furan rings is 1. The summed E-state index contributed by atoms with van der Waals surface area (Å²) in [6.45, 7) is 0.223. The van der Waals surface area contributed by atoms with Crippen LogP contribution in [0.3, 0.4) is 0 Å². The zero-order valence-electron chi connectivity index (χ0n) is 15.3. The monoisotopic (exact) mass is 378 g/mol. The fourth-order valence-corrected chi connectivity index (χ4v) is 3.09. The molecule has 3 rings (SSSR count). The van der Waals surface area contributed by atoms with Crippen molar-refractivity contribution in [1.82, 2.24) is 0 Å². The Balaban J connectivity index is 1.78. The van der Waals surface area contributed by atoms with Crippen molar-refractivity contribution in [3.8, 4) is 6.07 Å². The van der Waals surface area contributed by atoms with E-state index in [0.29, 0.717) is 0 Å². The molecule has 1 aromatic heterocycles. The van der Waals surface area contributed by atoms with E-state index in [1.54, 1.807) is 30.5 Å². The van der Waals surface area contributed by atoms with Gasteiger partial charge in [-0.25, -0.2) is 4.39 Å². The van der Waals surface area contributed by atoms with E-state index in [1.165, 1.54) is 11.0 Å². The van der Waals surface area contributed by atoms with Crippen LogP contribution in [0.15, 0.2) is 77.4 Å². The molecule has 2 aromatic carbocycles. The SMILES string of the molecule is N#CCCN(C(=O)C[NH2+][C@@H](c1ccccc1)c1ccco1)c1ccccc1F. The Kier molecular flexibility index (Phi) is 6.55. The van der Waals surface area contributed by atoms with Crippen LogP contribution in [-0.2, 0) is 4.79 Å². The van der Waals surface area contributed by atoms with Crippen LogP contribution in [0.5, 0.6) is 0 Å². The van der Waals surface area contributed by atoms with E-state index < -0.39 is 5.82 Å². The number of benzene rings is 2. The maximum absolute atomic E-state index is 14.2. The van der Waals surface area contributed by atoms with Crippen molar-refractivity contribution in [3.63, 3.8) is 0 Å². The minimum absolute atomic E-state index is 0.0834. The summed E-state index contributed by atoms with van der Waals surface area (Å²) in [7, 11) is 0. The molecule has 6 heteroatoms. The van der Waals surface area contributed by atoms with Gasteiger partial charge in [0.15, 0.2) is 18.3 Å². The summed E-state index contributed by atoms with van der Waals surface area (Å²) in [5.41, 5.74) is 1.19.